The Kier molecular flexibility index (Phi) is 7.42. The van der Waals surface area contributed by atoms with Gasteiger partial charge in [0.15, 0.2) is 5.96 Å². The maximum atomic E-state index is 5.67. The fourth-order valence-electron chi connectivity index (χ4n) is 2.65. The van der Waals surface area contributed by atoms with Crippen molar-refractivity contribution in [2.45, 2.75) is 32.4 Å². The number of hydrogen-bond donors (Lipinski definition) is 1. The molecule has 6 nitrogen and oxygen atoms in total. The number of aromatic nitrogens is 1. The maximum Gasteiger partial charge on any atom is 0.194 e. The van der Waals surface area contributed by atoms with Crippen molar-refractivity contribution < 1.29 is 9.47 Å². The molecule has 1 N–H and O–H groups in total. The lowest BCUT2D eigenvalue weighted by atomic mass is 10.2. The quantitative estimate of drug-likeness (QED) is 0.449. The van der Waals surface area contributed by atoms with Crippen molar-refractivity contribution in [2.75, 3.05) is 40.0 Å². The van der Waals surface area contributed by atoms with E-state index in [9.17, 15) is 0 Å². The summed E-state index contributed by atoms with van der Waals surface area (Å²) in [4.78, 5) is 6.78. The highest BCUT2D eigenvalue weighted by Crippen LogP contribution is 2.11. The SMILES string of the molecule is CCNC(=NCCOCC1CCCO1)N(C)Cc1cccn1C. The van der Waals surface area contributed by atoms with E-state index < -0.39 is 0 Å². The van der Waals surface area contributed by atoms with Gasteiger partial charge in [-0.15, -0.1) is 0 Å². The van der Waals surface area contributed by atoms with Crippen LogP contribution in [-0.4, -0.2) is 61.5 Å². The Labute approximate surface area is 139 Å². The molecule has 1 unspecified atom stereocenters. The Morgan fingerprint density at radius 3 is 3.09 bits per heavy atom. The predicted molar refractivity (Wildman–Crippen MR) is 92.7 cm³/mol. The van der Waals surface area contributed by atoms with Crippen molar-refractivity contribution in [1.82, 2.24) is 14.8 Å². The van der Waals surface area contributed by atoms with Crippen LogP contribution in [0.15, 0.2) is 23.3 Å². The average Bonchev–Trinajstić information content (AvgIpc) is 3.18. The molecule has 1 aliphatic heterocycles. The summed E-state index contributed by atoms with van der Waals surface area (Å²) in [5.41, 5.74) is 1.26. The smallest absolute Gasteiger partial charge is 0.194 e. The molecule has 0 bridgehead atoms. The minimum Gasteiger partial charge on any atom is -0.377 e. The third-order valence-corrected chi connectivity index (χ3v) is 3.97. The van der Waals surface area contributed by atoms with Gasteiger partial charge in [-0.05, 0) is 31.9 Å². The van der Waals surface area contributed by atoms with Crippen LogP contribution in [0.1, 0.15) is 25.5 Å². The fourth-order valence-corrected chi connectivity index (χ4v) is 2.65. The Bertz CT molecular complexity index is 481. The van der Waals surface area contributed by atoms with E-state index >= 15 is 0 Å². The monoisotopic (exact) mass is 322 g/mol. The molecule has 6 heteroatoms. The van der Waals surface area contributed by atoms with Crippen LogP contribution in [0.4, 0.5) is 0 Å². The molecule has 0 amide bonds. The third-order valence-electron chi connectivity index (χ3n) is 3.97. The van der Waals surface area contributed by atoms with Crippen LogP contribution in [-0.2, 0) is 23.1 Å². The minimum atomic E-state index is 0.284. The molecule has 0 saturated carbocycles. The van der Waals surface area contributed by atoms with Crippen molar-refractivity contribution in [3.05, 3.63) is 24.0 Å². The molecule has 1 aliphatic rings. The van der Waals surface area contributed by atoms with E-state index in [0.29, 0.717) is 19.8 Å². The van der Waals surface area contributed by atoms with E-state index in [1.54, 1.807) is 0 Å². The lowest BCUT2D eigenvalue weighted by Gasteiger charge is -2.22. The number of guanidine groups is 1. The second-order valence-electron chi connectivity index (χ2n) is 5.91. The van der Waals surface area contributed by atoms with Crippen molar-refractivity contribution in [3.63, 3.8) is 0 Å². The lowest BCUT2D eigenvalue weighted by molar-refractivity contribution is 0.0199. The van der Waals surface area contributed by atoms with Gasteiger partial charge >= 0.3 is 0 Å². The molecule has 23 heavy (non-hydrogen) atoms. The minimum absolute atomic E-state index is 0.284. The second-order valence-corrected chi connectivity index (χ2v) is 5.91. The Hall–Kier alpha value is -1.53. The van der Waals surface area contributed by atoms with Gasteiger partial charge in [0, 0.05) is 39.1 Å². The number of aryl methyl sites for hydroxylation is 1. The van der Waals surface area contributed by atoms with Crippen LogP contribution >= 0.6 is 0 Å². The molecule has 0 radical (unpaired) electrons. The van der Waals surface area contributed by atoms with Gasteiger partial charge in [-0.2, -0.15) is 0 Å². The number of rotatable bonds is 8. The van der Waals surface area contributed by atoms with Gasteiger partial charge in [0.25, 0.3) is 0 Å². The van der Waals surface area contributed by atoms with E-state index in [4.69, 9.17) is 9.47 Å². The Morgan fingerprint density at radius 2 is 2.43 bits per heavy atom. The van der Waals surface area contributed by atoms with E-state index in [0.717, 1.165) is 38.5 Å². The summed E-state index contributed by atoms with van der Waals surface area (Å²) in [7, 11) is 4.12. The van der Waals surface area contributed by atoms with E-state index in [2.05, 4.69) is 59.1 Å². The van der Waals surface area contributed by atoms with E-state index in [1.165, 1.54) is 5.69 Å². The number of nitrogens with zero attached hydrogens (tertiary/aromatic N) is 3. The first-order valence-corrected chi connectivity index (χ1v) is 8.49. The summed E-state index contributed by atoms with van der Waals surface area (Å²) < 4.78 is 13.3. The topological polar surface area (TPSA) is 51.0 Å². The summed E-state index contributed by atoms with van der Waals surface area (Å²) in [6.07, 6.45) is 4.62. The van der Waals surface area contributed by atoms with Gasteiger partial charge < -0.3 is 24.3 Å². The maximum absolute atomic E-state index is 5.67. The number of hydrogen-bond acceptors (Lipinski definition) is 3. The molecule has 1 aromatic heterocycles. The first-order valence-electron chi connectivity index (χ1n) is 8.49. The highest BCUT2D eigenvalue weighted by molar-refractivity contribution is 5.79. The number of aliphatic imine (C=N–C) groups is 1. The van der Waals surface area contributed by atoms with Crippen LogP contribution in [0.3, 0.4) is 0 Å². The van der Waals surface area contributed by atoms with Crippen molar-refractivity contribution >= 4 is 5.96 Å². The van der Waals surface area contributed by atoms with Gasteiger partial charge in [-0.1, -0.05) is 0 Å². The van der Waals surface area contributed by atoms with Crippen LogP contribution in [0.25, 0.3) is 0 Å². The molecular formula is C17H30N4O2. The molecule has 130 valence electrons. The summed E-state index contributed by atoms with van der Waals surface area (Å²) in [6, 6.07) is 4.19. The van der Waals surface area contributed by atoms with Gasteiger partial charge in [-0.25, -0.2) is 0 Å². The highest BCUT2D eigenvalue weighted by Gasteiger charge is 2.15. The molecule has 1 saturated heterocycles. The molecule has 1 atom stereocenters. The zero-order chi connectivity index (χ0) is 16.5. The standard InChI is InChI=1S/C17H30N4O2/c1-4-18-17(21(3)13-15-7-5-10-20(15)2)19-9-12-22-14-16-8-6-11-23-16/h5,7,10,16H,4,6,8-9,11-14H2,1-3H3,(H,18,19). The normalized spacial score (nSPS) is 18.4. The second kappa shape index (κ2) is 9.57. The molecule has 1 aromatic rings. The number of ether oxygens (including phenoxy) is 2. The third kappa shape index (κ3) is 5.88. The van der Waals surface area contributed by atoms with Gasteiger partial charge in [0.1, 0.15) is 0 Å². The van der Waals surface area contributed by atoms with Crippen LogP contribution in [0, 0.1) is 0 Å². The van der Waals surface area contributed by atoms with Crippen LogP contribution in [0.2, 0.25) is 0 Å². The first-order chi connectivity index (χ1) is 11.2. The lowest BCUT2D eigenvalue weighted by Crippen LogP contribution is -2.39. The van der Waals surface area contributed by atoms with Gasteiger partial charge in [0.2, 0.25) is 0 Å². The summed E-state index contributed by atoms with van der Waals surface area (Å²) in [5.74, 6) is 0.911. The van der Waals surface area contributed by atoms with Crippen molar-refractivity contribution in [2.24, 2.45) is 12.0 Å². The first kappa shape index (κ1) is 17.8. The molecule has 0 spiro atoms. The molecule has 0 aliphatic carbocycles. The van der Waals surface area contributed by atoms with Crippen molar-refractivity contribution in [3.8, 4) is 0 Å². The van der Waals surface area contributed by atoms with Crippen molar-refractivity contribution in [1.29, 1.82) is 0 Å². The molecule has 1 fully saturated rings. The number of nitrogens with one attached hydrogen (secondary N) is 1. The van der Waals surface area contributed by atoms with E-state index in [1.807, 2.05) is 0 Å². The summed E-state index contributed by atoms with van der Waals surface area (Å²) >= 11 is 0. The highest BCUT2D eigenvalue weighted by atomic mass is 16.5. The average molecular weight is 322 g/mol. The molecule has 2 heterocycles. The van der Waals surface area contributed by atoms with Crippen LogP contribution in [0.5, 0.6) is 0 Å². The molecule has 2 rings (SSSR count). The van der Waals surface area contributed by atoms with Gasteiger partial charge in [-0.3, -0.25) is 4.99 Å². The summed E-state index contributed by atoms with van der Waals surface area (Å²) in [5, 5.41) is 3.33. The summed E-state index contributed by atoms with van der Waals surface area (Å²) in [6.45, 7) is 6.62. The van der Waals surface area contributed by atoms with E-state index in [-0.39, 0.29) is 6.10 Å². The molecular weight excluding hydrogens is 292 g/mol. The van der Waals surface area contributed by atoms with Crippen LogP contribution < -0.4 is 5.32 Å². The Morgan fingerprint density at radius 1 is 1.57 bits per heavy atom. The largest absolute Gasteiger partial charge is 0.377 e. The Balaban J connectivity index is 1.75. The predicted octanol–water partition coefficient (Wildman–Crippen LogP) is 1.62. The molecule has 0 aromatic carbocycles. The zero-order valence-corrected chi connectivity index (χ0v) is 14.6. The zero-order valence-electron chi connectivity index (χ0n) is 14.6. The fraction of sp³-hybridized carbons (Fsp3) is 0.706. The van der Waals surface area contributed by atoms with Gasteiger partial charge in [0.05, 0.1) is 32.4 Å².